The maximum atomic E-state index is 13.2. The van der Waals surface area contributed by atoms with Crippen molar-refractivity contribution in [1.29, 1.82) is 0 Å². The van der Waals surface area contributed by atoms with E-state index < -0.39 is 33.6 Å². The Bertz CT molecular complexity index is 1360. The predicted molar refractivity (Wildman–Crippen MR) is 217 cm³/mol. The normalized spacial score (nSPS) is 32.4. The first-order valence-corrected chi connectivity index (χ1v) is 25.8. The van der Waals surface area contributed by atoms with Gasteiger partial charge < -0.3 is 14.0 Å². The first-order chi connectivity index (χ1) is 22.7. The minimum absolute atomic E-state index is 0.00648. The summed E-state index contributed by atoms with van der Waals surface area (Å²) in [5.41, 5.74) is 3.30. The zero-order chi connectivity index (χ0) is 37.9. The van der Waals surface area contributed by atoms with Crippen LogP contribution in [0.25, 0.3) is 0 Å². The van der Waals surface area contributed by atoms with E-state index in [2.05, 4.69) is 106 Å². The molecule has 284 valence electrons. The molecule has 4 saturated carbocycles. The van der Waals surface area contributed by atoms with Crippen LogP contribution in [0.4, 0.5) is 0 Å². The fraction of sp³-hybridized carbons (Fsp3) is 0.795. The molecule has 0 radical (unpaired) electrons. The zero-order valence-electron chi connectivity index (χ0n) is 35.0. The Labute approximate surface area is 310 Å². The molecule has 4 fully saturated rings. The van der Waals surface area contributed by atoms with Crippen LogP contribution in [0.5, 0.6) is 0 Å². The summed E-state index contributed by atoms with van der Waals surface area (Å²) in [5, 5.41) is 11.5. The largest absolute Gasteiger partial charge is 0.413 e. The number of carbonyl (C=O) groups excluding carboxylic acids is 1. The van der Waals surface area contributed by atoms with E-state index >= 15 is 0 Å². The van der Waals surface area contributed by atoms with Crippen molar-refractivity contribution < 1.29 is 18.8 Å². The van der Waals surface area contributed by atoms with Gasteiger partial charge in [0.25, 0.3) is 0 Å². The number of aliphatic hydroxyl groups excluding tert-OH is 1. The second-order valence-corrected chi connectivity index (χ2v) is 30.8. The van der Waals surface area contributed by atoms with Crippen LogP contribution >= 0.6 is 0 Å². The fourth-order valence-corrected chi connectivity index (χ4v) is 11.7. The fourth-order valence-electron chi connectivity index (χ4n) is 9.05. The van der Waals surface area contributed by atoms with Gasteiger partial charge in [0.1, 0.15) is 5.78 Å². The average molecular weight is 725 g/mol. The van der Waals surface area contributed by atoms with Crippen LogP contribution in [0.2, 0.25) is 36.3 Å². The number of hydrogen-bond donors (Lipinski definition) is 1. The highest BCUT2D eigenvalue weighted by Gasteiger charge is 2.57. The van der Waals surface area contributed by atoms with Gasteiger partial charge in [-0.25, -0.2) is 0 Å². The molecule has 4 rings (SSSR count). The van der Waals surface area contributed by atoms with Crippen LogP contribution in [-0.2, 0) is 13.6 Å². The molecular formula is C44H76O4Si2. The van der Waals surface area contributed by atoms with Crippen molar-refractivity contribution in [3.8, 4) is 0 Å². The number of ketones is 1. The van der Waals surface area contributed by atoms with Crippen LogP contribution < -0.4 is 0 Å². The SMILES string of the molecule is C=C1/C(=C\C=C2/CCC[C@@]3(C)[C@@H]2CC[C@@H]3[C@H](C)/C=C/[C@@H](O)C2(C(=O)C(C)(C)C)CC2)C[C@@H](O[Si](C)(C)C(C)(C)C)C[C@@H]1O[Si](C)(C)C(C)(C)C. The van der Waals surface area contributed by atoms with E-state index in [1.807, 2.05) is 26.8 Å². The van der Waals surface area contributed by atoms with E-state index in [-0.39, 0.29) is 33.5 Å². The average Bonchev–Trinajstić information content (AvgIpc) is 3.69. The molecule has 4 aliphatic rings. The Morgan fingerprint density at radius 1 is 0.900 bits per heavy atom. The van der Waals surface area contributed by atoms with Gasteiger partial charge in [-0.1, -0.05) is 113 Å². The van der Waals surface area contributed by atoms with Crippen LogP contribution in [0.15, 0.2) is 47.6 Å². The first-order valence-electron chi connectivity index (χ1n) is 20.0. The molecule has 4 nitrogen and oxygen atoms in total. The highest BCUT2D eigenvalue weighted by Crippen LogP contribution is 2.60. The molecule has 6 heteroatoms. The van der Waals surface area contributed by atoms with Gasteiger partial charge in [0, 0.05) is 11.8 Å². The topological polar surface area (TPSA) is 55.8 Å². The number of allylic oxidation sites excluding steroid dienone is 4. The summed E-state index contributed by atoms with van der Waals surface area (Å²) in [6.07, 6.45) is 18.0. The molecule has 4 aliphatic carbocycles. The molecule has 0 saturated heterocycles. The number of fused-ring (bicyclic) bond motifs is 1. The number of Topliss-reactive ketones (excluding diaryl/α,β-unsaturated/α-hetero) is 1. The summed E-state index contributed by atoms with van der Waals surface area (Å²) in [7, 11) is -3.97. The molecule has 0 bridgehead atoms. The van der Waals surface area contributed by atoms with Gasteiger partial charge in [-0.2, -0.15) is 0 Å². The minimum atomic E-state index is -2.01. The van der Waals surface area contributed by atoms with E-state index in [4.69, 9.17) is 8.85 Å². The molecule has 0 aliphatic heterocycles. The molecule has 0 aromatic heterocycles. The van der Waals surface area contributed by atoms with E-state index in [1.54, 1.807) is 5.57 Å². The second-order valence-electron chi connectivity index (χ2n) is 21.3. The van der Waals surface area contributed by atoms with E-state index in [0.29, 0.717) is 17.8 Å². The van der Waals surface area contributed by atoms with Crippen molar-refractivity contribution in [3.05, 3.63) is 47.6 Å². The number of carbonyl (C=O) groups is 1. The zero-order valence-corrected chi connectivity index (χ0v) is 37.0. The molecule has 0 aromatic rings. The van der Waals surface area contributed by atoms with Crippen LogP contribution in [0, 0.1) is 34.0 Å². The molecule has 0 aromatic carbocycles. The van der Waals surface area contributed by atoms with Gasteiger partial charge in [0.2, 0.25) is 0 Å². The van der Waals surface area contributed by atoms with E-state index in [0.717, 1.165) is 37.7 Å². The van der Waals surface area contributed by atoms with Gasteiger partial charge >= 0.3 is 0 Å². The summed E-state index contributed by atoms with van der Waals surface area (Å²) >= 11 is 0. The third-order valence-corrected chi connectivity index (χ3v) is 23.5. The summed E-state index contributed by atoms with van der Waals surface area (Å²) in [5.74, 6) is 1.70. The molecule has 0 amide bonds. The van der Waals surface area contributed by atoms with Crippen LogP contribution in [0.1, 0.15) is 134 Å². The summed E-state index contributed by atoms with van der Waals surface area (Å²) in [6, 6.07) is 0. The van der Waals surface area contributed by atoms with E-state index in [9.17, 15) is 9.90 Å². The molecule has 0 unspecified atom stereocenters. The Morgan fingerprint density at radius 2 is 1.48 bits per heavy atom. The Hall–Kier alpha value is -1.06. The highest BCUT2D eigenvalue weighted by atomic mass is 28.4. The molecule has 0 spiro atoms. The second kappa shape index (κ2) is 14.3. The lowest BCUT2D eigenvalue weighted by molar-refractivity contribution is -0.135. The van der Waals surface area contributed by atoms with Crippen molar-refractivity contribution in [1.82, 2.24) is 0 Å². The first kappa shape index (κ1) is 41.7. The third-order valence-electron chi connectivity index (χ3n) is 14.5. The van der Waals surface area contributed by atoms with Gasteiger partial charge in [-0.3, -0.25) is 4.79 Å². The van der Waals surface area contributed by atoms with Crippen molar-refractivity contribution in [2.24, 2.45) is 34.0 Å². The van der Waals surface area contributed by atoms with Gasteiger partial charge in [0.05, 0.1) is 23.7 Å². The molecule has 1 N–H and O–H groups in total. The molecule has 0 heterocycles. The number of hydrogen-bond acceptors (Lipinski definition) is 4. The lowest BCUT2D eigenvalue weighted by atomic mass is 9.61. The number of rotatable bonds is 10. The lowest BCUT2D eigenvalue weighted by Gasteiger charge is -2.45. The minimum Gasteiger partial charge on any atom is -0.413 e. The quantitative estimate of drug-likeness (QED) is 0.180. The Kier molecular flexibility index (Phi) is 11.9. The van der Waals surface area contributed by atoms with Crippen molar-refractivity contribution in [2.45, 2.75) is 189 Å². The van der Waals surface area contributed by atoms with Crippen LogP contribution in [0.3, 0.4) is 0 Å². The van der Waals surface area contributed by atoms with Gasteiger partial charge in [0.15, 0.2) is 16.6 Å². The summed E-state index contributed by atoms with van der Waals surface area (Å²) < 4.78 is 14.2. The van der Waals surface area contributed by atoms with Crippen LogP contribution in [-0.4, -0.2) is 45.8 Å². The number of aliphatic hydroxyl groups is 1. The molecular weight excluding hydrogens is 649 g/mol. The standard InChI is InChI=1S/C44H76O4Si2/c1-30(19-24-38(45)44(26-27-44)39(46)40(3,4)5)35-22-23-36-32(18-17-25-43(35,36)12)20-21-33-28-34(47-49(13,14)41(6,7)8)29-37(31(33)2)48-50(15,16)42(9,10)11/h19-21,24,30,34-38,45H,2,17-18,22-23,25-29H2,1,3-16H3/b24-19+,32-20+,33-21-/t30-,34-,35-,36-,37+,38-,43-/m1/s1. The third kappa shape index (κ3) is 8.50. The molecule has 50 heavy (non-hydrogen) atoms. The van der Waals surface area contributed by atoms with Gasteiger partial charge in [-0.05, 0) is 122 Å². The highest BCUT2D eigenvalue weighted by molar-refractivity contribution is 6.74. The van der Waals surface area contributed by atoms with Crippen molar-refractivity contribution in [3.63, 3.8) is 0 Å². The van der Waals surface area contributed by atoms with Gasteiger partial charge in [-0.15, -0.1) is 0 Å². The van der Waals surface area contributed by atoms with E-state index in [1.165, 1.54) is 31.3 Å². The monoisotopic (exact) mass is 725 g/mol. The maximum absolute atomic E-state index is 13.2. The summed E-state index contributed by atoms with van der Waals surface area (Å²) in [6.45, 7) is 38.9. The maximum Gasteiger partial charge on any atom is 0.192 e. The Balaban J connectivity index is 1.56. The smallest absolute Gasteiger partial charge is 0.192 e. The predicted octanol–water partition coefficient (Wildman–Crippen LogP) is 12.1. The Morgan fingerprint density at radius 3 is 2.02 bits per heavy atom. The lowest BCUT2D eigenvalue weighted by Crippen LogP contribution is -2.49. The van der Waals surface area contributed by atoms with Crippen molar-refractivity contribution in [2.75, 3.05) is 0 Å². The summed E-state index contributed by atoms with van der Waals surface area (Å²) in [4.78, 5) is 13.2. The van der Waals surface area contributed by atoms with Crippen molar-refractivity contribution >= 4 is 22.4 Å². The molecule has 7 atom stereocenters.